The number of hydrogen-bond donors (Lipinski definition) is 0. The highest BCUT2D eigenvalue weighted by atomic mass is 16.4. The van der Waals surface area contributed by atoms with Crippen LogP contribution in [-0.2, 0) is 6.42 Å². The third-order valence-electron chi connectivity index (χ3n) is 2.49. The summed E-state index contributed by atoms with van der Waals surface area (Å²) in [5.74, 6) is 3.53. The van der Waals surface area contributed by atoms with Gasteiger partial charge in [-0.2, -0.15) is 0 Å². The minimum atomic E-state index is 0.549. The molecule has 0 radical (unpaired) electrons. The summed E-state index contributed by atoms with van der Waals surface area (Å²) in [7, 11) is 0. The standard InChI is InChI=1S/C10H16N2O/c1-6(2)4-9-11-12-10(13-9)8-5-7(8)3/h6-8H,4-5H2,1-3H3. The zero-order chi connectivity index (χ0) is 9.42. The van der Waals surface area contributed by atoms with E-state index >= 15 is 0 Å². The number of rotatable bonds is 3. The molecule has 0 bridgehead atoms. The van der Waals surface area contributed by atoms with Crippen LogP contribution in [-0.4, -0.2) is 10.2 Å². The highest BCUT2D eigenvalue weighted by Gasteiger charge is 2.38. The van der Waals surface area contributed by atoms with Gasteiger partial charge in [0.25, 0.3) is 0 Å². The molecule has 1 aromatic rings. The van der Waals surface area contributed by atoms with E-state index in [1.165, 1.54) is 6.42 Å². The zero-order valence-corrected chi connectivity index (χ0v) is 8.45. The van der Waals surface area contributed by atoms with Gasteiger partial charge in [-0.3, -0.25) is 0 Å². The molecule has 0 saturated heterocycles. The van der Waals surface area contributed by atoms with E-state index in [1.54, 1.807) is 0 Å². The fourth-order valence-corrected chi connectivity index (χ4v) is 1.51. The van der Waals surface area contributed by atoms with Gasteiger partial charge in [-0.05, 0) is 18.3 Å². The Hall–Kier alpha value is -0.860. The molecule has 1 aliphatic carbocycles. The van der Waals surface area contributed by atoms with Gasteiger partial charge in [-0.1, -0.05) is 20.8 Å². The van der Waals surface area contributed by atoms with Crippen molar-refractivity contribution in [2.45, 2.75) is 39.5 Å². The van der Waals surface area contributed by atoms with Gasteiger partial charge in [0.05, 0.1) is 0 Å². The van der Waals surface area contributed by atoms with E-state index in [0.717, 1.165) is 24.1 Å². The maximum Gasteiger partial charge on any atom is 0.219 e. The van der Waals surface area contributed by atoms with Crippen molar-refractivity contribution >= 4 is 0 Å². The quantitative estimate of drug-likeness (QED) is 0.717. The molecule has 3 heteroatoms. The summed E-state index contributed by atoms with van der Waals surface area (Å²) < 4.78 is 5.57. The molecule has 0 amide bonds. The molecule has 0 N–H and O–H groups in total. The fourth-order valence-electron chi connectivity index (χ4n) is 1.51. The molecule has 1 saturated carbocycles. The van der Waals surface area contributed by atoms with Gasteiger partial charge in [0.1, 0.15) is 0 Å². The lowest BCUT2D eigenvalue weighted by Gasteiger charge is -1.96. The molecule has 1 heterocycles. The molecule has 0 aliphatic heterocycles. The second-order valence-corrected chi connectivity index (χ2v) is 4.45. The Balaban J connectivity index is 2.01. The lowest BCUT2D eigenvalue weighted by atomic mass is 10.1. The molecule has 1 aromatic heterocycles. The monoisotopic (exact) mass is 180 g/mol. The van der Waals surface area contributed by atoms with Crippen LogP contribution in [0.1, 0.15) is 44.9 Å². The van der Waals surface area contributed by atoms with Crippen molar-refractivity contribution in [3.8, 4) is 0 Å². The van der Waals surface area contributed by atoms with Crippen molar-refractivity contribution < 1.29 is 4.42 Å². The van der Waals surface area contributed by atoms with E-state index in [-0.39, 0.29) is 0 Å². The first kappa shape index (κ1) is 8.73. The molecule has 0 aromatic carbocycles. The highest BCUT2D eigenvalue weighted by Crippen LogP contribution is 2.46. The van der Waals surface area contributed by atoms with E-state index in [1.807, 2.05) is 0 Å². The van der Waals surface area contributed by atoms with Crippen LogP contribution in [0.25, 0.3) is 0 Å². The van der Waals surface area contributed by atoms with E-state index in [2.05, 4.69) is 31.0 Å². The van der Waals surface area contributed by atoms with Crippen molar-refractivity contribution in [3.63, 3.8) is 0 Å². The van der Waals surface area contributed by atoms with Crippen molar-refractivity contribution in [2.24, 2.45) is 11.8 Å². The van der Waals surface area contributed by atoms with E-state index in [4.69, 9.17) is 4.42 Å². The largest absolute Gasteiger partial charge is 0.425 e. The van der Waals surface area contributed by atoms with E-state index in [9.17, 15) is 0 Å². The zero-order valence-electron chi connectivity index (χ0n) is 8.45. The normalized spacial score (nSPS) is 26.8. The summed E-state index contributed by atoms with van der Waals surface area (Å²) in [6.07, 6.45) is 2.11. The van der Waals surface area contributed by atoms with Crippen LogP contribution in [0.3, 0.4) is 0 Å². The van der Waals surface area contributed by atoms with Crippen LogP contribution in [0.15, 0.2) is 4.42 Å². The Labute approximate surface area is 78.5 Å². The number of nitrogens with zero attached hydrogens (tertiary/aromatic N) is 2. The Kier molecular flexibility index (Phi) is 2.10. The second-order valence-electron chi connectivity index (χ2n) is 4.45. The Morgan fingerprint density at radius 1 is 1.46 bits per heavy atom. The minimum absolute atomic E-state index is 0.549. The van der Waals surface area contributed by atoms with Gasteiger partial charge in [0, 0.05) is 12.3 Å². The lowest BCUT2D eigenvalue weighted by molar-refractivity contribution is 0.423. The molecule has 1 aliphatic rings. The average Bonchev–Trinajstić information content (AvgIpc) is 2.60. The molecule has 13 heavy (non-hydrogen) atoms. The van der Waals surface area contributed by atoms with E-state index in [0.29, 0.717) is 11.8 Å². The highest BCUT2D eigenvalue weighted by molar-refractivity contribution is 5.04. The van der Waals surface area contributed by atoms with Crippen molar-refractivity contribution in [1.29, 1.82) is 0 Å². The van der Waals surface area contributed by atoms with Gasteiger partial charge in [-0.25, -0.2) is 0 Å². The van der Waals surface area contributed by atoms with E-state index < -0.39 is 0 Å². The molecular weight excluding hydrogens is 164 g/mol. The van der Waals surface area contributed by atoms with Gasteiger partial charge in [0.2, 0.25) is 11.8 Å². The summed E-state index contributed by atoms with van der Waals surface area (Å²) in [6.45, 7) is 6.53. The predicted molar refractivity (Wildman–Crippen MR) is 49.4 cm³/mol. The number of hydrogen-bond acceptors (Lipinski definition) is 3. The molecule has 72 valence electrons. The third kappa shape index (κ3) is 1.90. The first-order chi connectivity index (χ1) is 6.16. The van der Waals surface area contributed by atoms with Crippen molar-refractivity contribution in [1.82, 2.24) is 10.2 Å². The molecule has 2 atom stereocenters. The molecule has 1 fully saturated rings. The molecule has 3 nitrogen and oxygen atoms in total. The van der Waals surface area contributed by atoms with Crippen LogP contribution >= 0.6 is 0 Å². The van der Waals surface area contributed by atoms with Crippen LogP contribution < -0.4 is 0 Å². The van der Waals surface area contributed by atoms with Gasteiger partial charge in [0.15, 0.2) is 0 Å². The van der Waals surface area contributed by atoms with Gasteiger partial charge < -0.3 is 4.42 Å². The summed E-state index contributed by atoms with van der Waals surface area (Å²) in [4.78, 5) is 0. The minimum Gasteiger partial charge on any atom is -0.425 e. The van der Waals surface area contributed by atoms with Crippen LogP contribution in [0.4, 0.5) is 0 Å². The SMILES string of the molecule is CC(C)Cc1nnc(C2CC2C)o1. The van der Waals surface area contributed by atoms with Crippen LogP contribution in [0.5, 0.6) is 0 Å². The molecular formula is C10H16N2O. The Bertz CT molecular complexity index is 293. The lowest BCUT2D eigenvalue weighted by Crippen LogP contribution is -1.93. The fraction of sp³-hybridized carbons (Fsp3) is 0.800. The molecule has 2 rings (SSSR count). The average molecular weight is 180 g/mol. The number of aromatic nitrogens is 2. The van der Waals surface area contributed by atoms with Crippen LogP contribution in [0, 0.1) is 11.8 Å². The molecule has 2 unspecified atom stereocenters. The summed E-state index contributed by atoms with van der Waals surface area (Å²) in [6, 6.07) is 0. The van der Waals surface area contributed by atoms with Gasteiger partial charge in [-0.15, -0.1) is 10.2 Å². The third-order valence-corrected chi connectivity index (χ3v) is 2.49. The topological polar surface area (TPSA) is 38.9 Å². The summed E-state index contributed by atoms with van der Waals surface area (Å²) in [5, 5.41) is 8.10. The maximum absolute atomic E-state index is 5.57. The first-order valence-corrected chi connectivity index (χ1v) is 4.99. The Morgan fingerprint density at radius 3 is 2.69 bits per heavy atom. The summed E-state index contributed by atoms with van der Waals surface area (Å²) in [5.41, 5.74) is 0. The van der Waals surface area contributed by atoms with Gasteiger partial charge >= 0.3 is 0 Å². The van der Waals surface area contributed by atoms with Crippen molar-refractivity contribution in [2.75, 3.05) is 0 Å². The maximum atomic E-state index is 5.57. The molecule has 0 spiro atoms. The van der Waals surface area contributed by atoms with Crippen LogP contribution in [0.2, 0.25) is 0 Å². The second kappa shape index (κ2) is 3.13. The summed E-state index contributed by atoms with van der Waals surface area (Å²) >= 11 is 0. The van der Waals surface area contributed by atoms with Crippen molar-refractivity contribution in [3.05, 3.63) is 11.8 Å². The smallest absolute Gasteiger partial charge is 0.219 e. The predicted octanol–water partition coefficient (Wildman–Crippen LogP) is 2.39. The Morgan fingerprint density at radius 2 is 2.15 bits per heavy atom. The first-order valence-electron chi connectivity index (χ1n) is 4.99.